The van der Waals surface area contributed by atoms with Gasteiger partial charge in [-0.15, -0.1) is 0 Å². The predicted octanol–water partition coefficient (Wildman–Crippen LogP) is 2.92. The van der Waals surface area contributed by atoms with E-state index in [-0.39, 0.29) is 0 Å². The molecule has 0 aliphatic heterocycles. The van der Waals surface area contributed by atoms with Crippen LogP contribution < -0.4 is 0 Å². The molecule has 0 aromatic heterocycles. The van der Waals surface area contributed by atoms with E-state index in [9.17, 15) is 0 Å². The highest BCUT2D eigenvalue weighted by molar-refractivity contribution is 5.62. The lowest BCUT2D eigenvalue weighted by atomic mass is 10.1. The van der Waals surface area contributed by atoms with Gasteiger partial charge < -0.3 is 15.3 Å². The molecule has 0 bridgehead atoms. The minimum atomic E-state index is -1.10. The van der Waals surface area contributed by atoms with E-state index in [0.717, 1.165) is 19.8 Å². The summed E-state index contributed by atoms with van der Waals surface area (Å²) in [5.41, 5.74) is 0. The molecule has 0 unspecified atom stereocenters. The van der Waals surface area contributed by atoms with E-state index in [4.69, 9.17) is 20.1 Å². The number of unbranched alkanes of at least 4 members (excludes halogenated alkanes) is 7. The maximum absolute atomic E-state index is 9.00. The first-order valence-electron chi connectivity index (χ1n) is 6.56. The fourth-order valence-electron chi connectivity index (χ4n) is 1.46. The van der Waals surface area contributed by atoms with Crippen molar-refractivity contribution < 1.29 is 20.1 Å². The molecule has 0 spiro atoms. The van der Waals surface area contributed by atoms with Crippen molar-refractivity contribution in [2.45, 2.75) is 77.9 Å². The Bertz CT molecular complexity index is 153. The van der Waals surface area contributed by atoms with E-state index >= 15 is 0 Å². The zero-order valence-electron chi connectivity index (χ0n) is 11.2. The van der Waals surface area contributed by atoms with Crippen LogP contribution in [0.2, 0.25) is 0 Å². The van der Waals surface area contributed by atoms with Crippen LogP contribution in [0.4, 0.5) is 0 Å². The molecule has 4 heteroatoms. The number of carboxylic acid groups (broad SMARTS) is 1. The van der Waals surface area contributed by atoms with Crippen LogP contribution >= 0.6 is 0 Å². The molecule has 0 saturated carbocycles. The molecule has 104 valence electrons. The fourth-order valence-corrected chi connectivity index (χ4v) is 1.46. The van der Waals surface area contributed by atoms with Gasteiger partial charge in [-0.2, -0.15) is 0 Å². The molecular weight excluding hydrogens is 220 g/mol. The summed E-state index contributed by atoms with van der Waals surface area (Å²) < 4.78 is 0. The molecule has 0 rings (SSSR count). The summed E-state index contributed by atoms with van der Waals surface area (Å²) in [6.45, 7) is 3.31. The molecule has 0 atom stereocenters. The summed E-state index contributed by atoms with van der Waals surface area (Å²) in [6, 6.07) is 0. The van der Waals surface area contributed by atoms with Gasteiger partial charge in [-0.05, 0) is 12.8 Å². The Kier molecular flexibility index (Phi) is 17.0. The van der Waals surface area contributed by atoms with E-state index in [2.05, 4.69) is 6.92 Å². The van der Waals surface area contributed by atoms with Crippen LogP contribution in [-0.4, -0.2) is 27.6 Å². The first-order chi connectivity index (χ1) is 8.00. The lowest BCUT2D eigenvalue weighted by molar-refractivity contribution is -0.134. The number of hydrogen-bond donors (Lipinski definition) is 3. The van der Waals surface area contributed by atoms with Crippen molar-refractivity contribution in [3.63, 3.8) is 0 Å². The number of aliphatic hydroxyl groups excluding tert-OH is 1. The molecule has 0 aromatic rings. The van der Waals surface area contributed by atoms with Crippen molar-refractivity contribution in [2.75, 3.05) is 0 Å². The molecule has 0 saturated heterocycles. The largest absolute Gasteiger partial charge is 0.481 e. The van der Waals surface area contributed by atoms with Crippen LogP contribution in [-0.2, 0) is 4.79 Å². The Labute approximate surface area is 105 Å². The summed E-state index contributed by atoms with van der Waals surface area (Å²) in [7, 11) is 0. The van der Waals surface area contributed by atoms with Gasteiger partial charge in [-0.25, -0.2) is 0 Å². The molecular formula is C13H28O4. The first kappa shape index (κ1) is 18.7. The molecule has 0 amide bonds. The smallest absolute Gasteiger partial charge is 0.300 e. The van der Waals surface area contributed by atoms with E-state index in [1.54, 1.807) is 0 Å². The van der Waals surface area contributed by atoms with Gasteiger partial charge in [0.25, 0.3) is 5.97 Å². The molecule has 0 aliphatic rings. The lowest BCUT2D eigenvalue weighted by Crippen LogP contribution is -2.02. The fraction of sp³-hybridized carbons (Fsp3) is 0.923. The maximum Gasteiger partial charge on any atom is 0.300 e. The highest BCUT2D eigenvalue weighted by Crippen LogP contribution is 2.09. The third kappa shape index (κ3) is 31.3. The summed E-state index contributed by atoms with van der Waals surface area (Å²) in [5.74, 6) is -0.833. The Balaban J connectivity index is 0. The van der Waals surface area contributed by atoms with Crippen molar-refractivity contribution in [3.8, 4) is 0 Å². The van der Waals surface area contributed by atoms with Crippen LogP contribution in [0, 0.1) is 0 Å². The van der Waals surface area contributed by atoms with Crippen LogP contribution in [0.3, 0.4) is 0 Å². The van der Waals surface area contributed by atoms with Crippen molar-refractivity contribution in [3.05, 3.63) is 0 Å². The van der Waals surface area contributed by atoms with Gasteiger partial charge in [0.05, 0.1) is 0 Å². The number of carboxylic acids is 1. The maximum atomic E-state index is 9.00. The van der Waals surface area contributed by atoms with Gasteiger partial charge in [-0.3, -0.25) is 4.79 Å². The Morgan fingerprint density at radius 3 is 1.65 bits per heavy atom. The molecule has 0 aliphatic carbocycles. The van der Waals surface area contributed by atoms with Crippen LogP contribution in [0.5, 0.6) is 0 Å². The number of hydrogen-bond acceptors (Lipinski definition) is 3. The molecule has 0 fully saturated rings. The molecule has 0 aromatic carbocycles. The normalized spacial score (nSPS) is 9.94. The van der Waals surface area contributed by atoms with Gasteiger partial charge in [0.1, 0.15) is 0 Å². The molecule has 4 nitrogen and oxygen atoms in total. The monoisotopic (exact) mass is 248 g/mol. The van der Waals surface area contributed by atoms with Gasteiger partial charge in [0.15, 0.2) is 6.29 Å². The number of rotatable bonds is 9. The van der Waals surface area contributed by atoms with Gasteiger partial charge in [-0.1, -0.05) is 51.9 Å². The second-order valence-corrected chi connectivity index (χ2v) is 4.26. The number of aliphatic carboxylic acids is 1. The van der Waals surface area contributed by atoms with Crippen molar-refractivity contribution in [1.82, 2.24) is 0 Å². The topological polar surface area (TPSA) is 77.8 Å². The summed E-state index contributed by atoms with van der Waals surface area (Å²) in [6.07, 6.45) is 9.45. The van der Waals surface area contributed by atoms with E-state index < -0.39 is 12.3 Å². The first-order valence-corrected chi connectivity index (χ1v) is 6.56. The standard InChI is InChI=1S/C11H24O2.C2H4O2/c1-2-3-4-5-6-7-8-9-10-11(12)13;1-2(3)4/h11-13H,2-10H2,1H3;1H3,(H,3,4). The molecule has 17 heavy (non-hydrogen) atoms. The third-order valence-corrected chi connectivity index (χ3v) is 2.32. The highest BCUT2D eigenvalue weighted by Gasteiger charge is 1.96. The second-order valence-electron chi connectivity index (χ2n) is 4.26. The van der Waals surface area contributed by atoms with Crippen molar-refractivity contribution >= 4 is 5.97 Å². The molecule has 0 radical (unpaired) electrons. The van der Waals surface area contributed by atoms with Crippen LogP contribution in [0.15, 0.2) is 0 Å². The SMILES string of the molecule is CC(=O)O.CCCCCCCCCCC(O)O. The highest BCUT2D eigenvalue weighted by atomic mass is 16.5. The van der Waals surface area contributed by atoms with Crippen LogP contribution in [0.25, 0.3) is 0 Å². The van der Waals surface area contributed by atoms with E-state index in [1.807, 2.05) is 0 Å². The minimum Gasteiger partial charge on any atom is -0.481 e. The summed E-state index contributed by atoms with van der Waals surface area (Å²) >= 11 is 0. The minimum absolute atomic E-state index is 0.537. The zero-order chi connectivity index (χ0) is 13.5. The molecule has 3 N–H and O–H groups in total. The summed E-state index contributed by atoms with van der Waals surface area (Å²) in [4.78, 5) is 9.00. The average molecular weight is 248 g/mol. The summed E-state index contributed by atoms with van der Waals surface area (Å²) in [5, 5.41) is 24.6. The van der Waals surface area contributed by atoms with Crippen molar-refractivity contribution in [1.29, 1.82) is 0 Å². The van der Waals surface area contributed by atoms with Crippen molar-refractivity contribution in [2.24, 2.45) is 0 Å². The van der Waals surface area contributed by atoms with Gasteiger partial charge in [0.2, 0.25) is 0 Å². The van der Waals surface area contributed by atoms with E-state index in [1.165, 1.54) is 38.5 Å². The van der Waals surface area contributed by atoms with Gasteiger partial charge in [0, 0.05) is 6.92 Å². The second kappa shape index (κ2) is 15.4. The number of aliphatic hydroxyl groups is 2. The molecule has 0 heterocycles. The zero-order valence-corrected chi connectivity index (χ0v) is 11.2. The average Bonchev–Trinajstić information content (AvgIpc) is 2.21. The van der Waals surface area contributed by atoms with Crippen LogP contribution in [0.1, 0.15) is 71.6 Å². The number of carbonyl (C=O) groups is 1. The third-order valence-electron chi connectivity index (χ3n) is 2.32. The Hall–Kier alpha value is -0.610. The lowest BCUT2D eigenvalue weighted by Gasteiger charge is -2.03. The Morgan fingerprint density at radius 1 is 0.941 bits per heavy atom. The Morgan fingerprint density at radius 2 is 1.29 bits per heavy atom. The quantitative estimate of drug-likeness (QED) is 0.433. The predicted molar refractivity (Wildman–Crippen MR) is 68.8 cm³/mol. The van der Waals surface area contributed by atoms with Gasteiger partial charge >= 0.3 is 0 Å². The van der Waals surface area contributed by atoms with E-state index in [0.29, 0.717) is 6.42 Å².